The van der Waals surface area contributed by atoms with Gasteiger partial charge >= 0.3 is 7.82 Å². The topological polar surface area (TPSA) is 288 Å². The number of imidazole rings is 1. The van der Waals surface area contributed by atoms with Gasteiger partial charge in [0.2, 0.25) is 23.6 Å². The van der Waals surface area contributed by atoms with Crippen LogP contribution in [-0.2, 0) is 63.0 Å². The van der Waals surface area contributed by atoms with E-state index >= 15 is 0 Å². The molecule has 2 bridgehead atoms. The lowest BCUT2D eigenvalue weighted by Crippen LogP contribution is -2.52. The first-order chi connectivity index (χ1) is 27.5. The van der Waals surface area contributed by atoms with E-state index in [0.717, 1.165) is 0 Å². The summed E-state index contributed by atoms with van der Waals surface area (Å²) in [6.07, 6.45) is 3.64. The molecule has 2 aliphatic heterocycles. The largest absolute Gasteiger partial charge is 0.496 e. The Kier molecular flexibility index (Phi) is 20.1. The fraction of sp³-hybridized carbons (Fsp3) is 0.703. The molecule has 8 atom stereocenters. The van der Waals surface area contributed by atoms with E-state index < -0.39 is 98.7 Å². The quantitative estimate of drug-likeness (QED) is 0.123. The van der Waals surface area contributed by atoms with Crippen LogP contribution in [0.15, 0.2) is 24.9 Å². The van der Waals surface area contributed by atoms with Crippen LogP contribution in [0.5, 0.6) is 0 Å². The molecule has 1 aromatic heterocycles. The first-order valence-electron chi connectivity index (χ1n) is 19.4. The number of phosphoric ester groups is 1. The number of aliphatic hydroxyl groups is 1. The van der Waals surface area contributed by atoms with Crippen LogP contribution in [-0.4, -0.2) is 137 Å². The summed E-state index contributed by atoms with van der Waals surface area (Å²) in [7, 11) is -3.22. The Bertz CT molecular complexity index is 1590. The van der Waals surface area contributed by atoms with Gasteiger partial charge in [-0.1, -0.05) is 13.8 Å². The number of Topliss-reactive ketones (excluding diaryl/α,β-unsaturated/α-hetero) is 2. The van der Waals surface area contributed by atoms with Gasteiger partial charge < -0.3 is 50.5 Å². The fourth-order valence-electron chi connectivity index (χ4n) is 6.59. The molecule has 21 heteroatoms. The van der Waals surface area contributed by atoms with Crippen molar-refractivity contribution in [3.05, 3.63) is 30.6 Å². The van der Waals surface area contributed by atoms with Crippen molar-refractivity contribution in [3.63, 3.8) is 0 Å². The van der Waals surface area contributed by atoms with Crippen molar-refractivity contribution in [1.82, 2.24) is 25.5 Å². The van der Waals surface area contributed by atoms with Gasteiger partial charge in [-0.25, -0.2) is 9.55 Å². The Morgan fingerprint density at radius 1 is 1.09 bits per heavy atom. The Morgan fingerprint density at radius 2 is 1.81 bits per heavy atom. The highest BCUT2D eigenvalue weighted by Gasteiger charge is 2.42. The summed E-state index contributed by atoms with van der Waals surface area (Å²) in [6, 6.07) is -3.62. The van der Waals surface area contributed by atoms with Gasteiger partial charge in [0.05, 0.1) is 82.6 Å². The third-order valence-electron chi connectivity index (χ3n) is 9.71. The highest BCUT2D eigenvalue weighted by Crippen LogP contribution is 2.46. The smallest absolute Gasteiger partial charge is 0.472 e. The zero-order valence-corrected chi connectivity index (χ0v) is 34.4. The number of aromatic amines is 1. The Hall–Kier alpha value is -4.04. The molecule has 2 aliphatic rings. The number of nitrogens with two attached hydrogens (primary N) is 1. The number of fused-ring (bicyclic) bond motifs is 2. The standard InChI is InChI=1S/C37H59N6O14P/c1-23(2)14-29-32(45)16-25(15-26-19-39-22-40-26)36(49)42-30(21-44)33(46)18-28(35(38)48)24(3)57-58(51,52)56-10-7-5-6-9-55-27-17-31(37(50)41-29)43(20-27)34(47)8-11-54-13-12-53-4/h6,9,19,22-25,27-31,44H,5,7-8,10-18,20-21H2,1-4H3,(H2,38,48)(H,39,40)(H,41,50)(H,42,49)(H,51,52)/b9-6-/t24-,25-,27-,28+,29+,30+,31+/m1/s1. The predicted molar refractivity (Wildman–Crippen MR) is 205 cm³/mol. The van der Waals surface area contributed by atoms with Crippen LogP contribution >= 0.6 is 7.82 Å². The van der Waals surface area contributed by atoms with Gasteiger partial charge in [-0.05, 0) is 38.2 Å². The molecule has 0 aliphatic carbocycles. The molecular weight excluding hydrogens is 783 g/mol. The van der Waals surface area contributed by atoms with Crippen molar-refractivity contribution in [2.24, 2.45) is 23.5 Å². The molecule has 0 radical (unpaired) electrons. The van der Waals surface area contributed by atoms with Crippen molar-refractivity contribution in [3.8, 4) is 0 Å². The number of aromatic nitrogens is 2. The lowest BCUT2D eigenvalue weighted by molar-refractivity contribution is -0.140. The number of ether oxygens (including phenoxy) is 3. The normalized spacial score (nSPS) is 29.5. The van der Waals surface area contributed by atoms with E-state index in [1.54, 1.807) is 6.08 Å². The molecule has 3 rings (SSSR count). The minimum atomic E-state index is -4.75. The summed E-state index contributed by atoms with van der Waals surface area (Å²) < 4.78 is 39.3. The average Bonchev–Trinajstić information content (AvgIpc) is 3.84. The number of H-pyrrole nitrogens is 1. The van der Waals surface area contributed by atoms with Crippen molar-refractivity contribution in [2.45, 2.75) is 102 Å². The number of carbonyl (C=O) groups excluding carboxylic acids is 6. The van der Waals surface area contributed by atoms with Gasteiger partial charge in [0.1, 0.15) is 18.2 Å². The van der Waals surface area contributed by atoms with Crippen molar-refractivity contribution in [1.29, 1.82) is 0 Å². The summed E-state index contributed by atoms with van der Waals surface area (Å²) >= 11 is 0. The lowest BCUT2D eigenvalue weighted by atomic mass is 9.89. The summed E-state index contributed by atoms with van der Waals surface area (Å²) in [5, 5.41) is 15.5. The summed E-state index contributed by atoms with van der Waals surface area (Å²) in [4.78, 5) is 99.7. The molecule has 0 saturated carbocycles. The Morgan fingerprint density at radius 3 is 2.47 bits per heavy atom. The molecule has 326 valence electrons. The number of ketones is 2. The monoisotopic (exact) mass is 842 g/mol. The fourth-order valence-corrected chi connectivity index (χ4v) is 7.57. The van der Waals surface area contributed by atoms with Gasteiger partial charge in [-0.2, -0.15) is 0 Å². The molecule has 1 unspecified atom stereocenters. The summed E-state index contributed by atoms with van der Waals surface area (Å²) in [6.45, 7) is 4.64. The number of carbonyl (C=O) groups is 6. The molecule has 4 amide bonds. The average molecular weight is 843 g/mol. The van der Waals surface area contributed by atoms with E-state index in [1.807, 2.05) is 13.8 Å². The molecule has 1 saturated heterocycles. The minimum Gasteiger partial charge on any atom is -0.496 e. The number of phosphoric acid groups is 1. The maximum Gasteiger partial charge on any atom is 0.472 e. The molecule has 1 aromatic rings. The van der Waals surface area contributed by atoms with Crippen molar-refractivity contribution in [2.75, 3.05) is 46.7 Å². The van der Waals surface area contributed by atoms with E-state index in [4.69, 9.17) is 29.0 Å². The molecule has 0 aromatic carbocycles. The third-order valence-corrected chi connectivity index (χ3v) is 10.8. The molecule has 3 heterocycles. The Labute approximate surface area is 337 Å². The van der Waals surface area contributed by atoms with Crippen LogP contribution in [0.4, 0.5) is 0 Å². The van der Waals surface area contributed by atoms with Crippen LogP contribution in [0.3, 0.4) is 0 Å². The van der Waals surface area contributed by atoms with E-state index in [-0.39, 0.29) is 70.3 Å². The highest BCUT2D eigenvalue weighted by atomic mass is 31.2. The molecule has 20 nitrogen and oxygen atoms in total. The van der Waals surface area contributed by atoms with E-state index in [9.17, 15) is 43.3 Å². The second kappa shape index (κ2) is 24.1. The zero-order valence-electron chi connectivity index (χ0n) is 33.5. The van der Waals surface area contributed by atoms with Gasteiger partial charge in [0.15, 0.2) is 11.6 Å². The van der Waals surface area contributed by atoms with Crippen LogP contribution in [0.1, 0.15) is 71.4 Å². The number of amides is 4. The molecular formula is C37H59N6O14P. The maximum absolute atomic E-state index is 14.1. The molecule has 7 N–H and O–H groups in total. The molecule has 0 spiro atoms. The lowest BCUT2D eigenvalue weighted by Gasteiger charge is -2.28. The first-order valence-corrected chi connectivity index (χ1v) is 20.9. The van der Waals surface area contributed by atoms with Gasteiger partial charge in [0, 0.05) is 44.7 Å². The van der Waals surface area contributed by atoms with Crippen molar-refractivity contribution >= 4 is 43.0 Å². The molecule has 1 fully saturated rings. The number of aliphatic hydroxyl groups excluding tert-OH is 1. The second-order valence-corrected chi connectivity index (χ2v) is 16.2. The number of methoxy groups -OCH3 is 1. The molecule has 58 heavy (non-hydrogen) atoms. The highest BCUT2D eigenvalue weighted by molar-refractivity contribution is 7.47. The number of primary amides is 1. The van der Waals surface area contributed by atoms with Crippen molar-refractivity contribution < 1.29 is 66.6 Å². The number of hydrogen-bond acceptors (Lipinski definition) is 14. The Balaban J connectivity index is 1.95. The van der Waals surface area contributed by atoms with E-state index in [1.165, 1.54) is 37.7 Å². The SMILES string of the molecule is COCCOCCC(=O)N1C[C@H]2C[C@H]1C(=O)N[C@@H](CC(C)C)C(=O)C[C@@H](Cc1cnc[nH]1)C(=O)N[C@@H](CO)C(=O)C[C@H](C(N)=O)[C@@H](C)OP(=O)(O)OCCC/C=C\O2. The predicted octanol–water partition coefficient (Wildman–Crippen LogP) is 0.465. The number of likely N-dealkylation sites (tertiary alicyclic amines) is 1. The van der Waals surface area contributed by atoms with Gasteiger partial charge in [-0.3, -0.25) is 37.8 Å². The summed E-state index contributed by atoms with van der Waals surface area (Å²) in [5.41, 5.74) is 6.01. The second-order valence-electron chi connectivity index (χ2n) is 14.8. The van der Waals surface area contributed by atoms with Gasteiger partial charge in [0.25, 0.3) is 0 Å². The first kappa shape index (κ1) is 48.3. The number of nitrogens with zero attached hydrogens (tertiary/aromatic N) is 2. The number of hydrogen-bond donors (Lipinski definition) is 6. The number of nitrogens with one attached hydrogen (secondary N) is 3. The number of rotatable bonds is 12. The third kappa shape index (κ3) is 16.0. The van der Waals surface area contributed by atoms with Crippen LogP contribution < -0.4 is 16.4 Å². The number of allylic oxidation sites excluding steroid dienone is 1. The van der Waals surface area contributed by atoms with Crippen LogP contribution in [0, 0.1) is 17.8 Å². The maximum atomic E-state index is 14.1. The van der Waals surface area contributed by atoms with Crippen LogP contribution in [0.25, 0.3) is 0 Å². The van der Waals surface area contributed by atoms with E-state index in [2.05, 4.69) is 20.6 Å². The van der Waals surface area contributed by atoms with E-state index in [0.29, 0.717) is 18.7 Å². The summed E-state index contributed by atoms with van der Waals surface area (Å²) in [5.74, 6) is -6.77. The zero-order chi connectivity index (χ0) is 42.8. The minimum absolute atomic E-state index is 0.0213. The van der Waals surface area contributed by atoms with Gasteiger partial charge in [-0.15, -0.1) is 0 Å². The van der Waals surface area contributed by atoms with Crippen LogP contribution in [0.2, 0.25) is 0 Å².